The van der Waals surface area contributed by atoms with Gasteiger partial charge in [0.05, 0.1) is 30.1 Å². The number of halogens is 1. The first-order chi connectivity index (χ1) is 17.0. The lowest BCUT2D eigenvalue weighted by atomic mass is 10.3. The van der Waals surface area contributed by atoms with Crippen molar-refractivity contribution in [3.8, 4) is 28.8 Å². The van der Waals surface area contributed by atoms with Crippen LogP contribution in [0.5, 0.6) is 17.4 Å². The Kier molecular flexibility index (Phi) is 7.28. The van der Waals surface area contributed by atoms with Gasteiger partial charge in [0.2, 0.25) is 11.6 Å². The monoisotopic (exact) mass is 508 g/mol. The summed E-state index contributed by atoms with van der Waals surface area (Å²) < 4.78 is 13.3. The Morgan fingerprint density at radius 3 is 2.34 bits per heavy atom. The second kappa shape index (κ2) is 10.5. The van der Waals surface area contributed by atoms with E-state index >= 15 is 0 Å². The maximum atomic E-state index is 13.5. The van der Waals surface area contributed by atoms with Crippen LogP contribution in [0.2, 0.25) is 5.02 Å². The Labute approximate surface area is 211 Å². The number of methoxy groups -OCH3 is 1. The van der Waals surface area contributed by atoms with Crippen LogP contribution in [0.3, 0.4) is 0 Å². The van der Waals surface area contributed by atoms with Gasteiger partial charge in [0.1, 0.15) is 17.2 Å². The molecule has 4 aromatic rings. The Bertz CT molecular complexity index is 1510. The maximum absolute atomic E-state index is 13.5. The van der Waals surface area contributed by atoms with Crippen LogP contribution in [0.25, 0.3) is 11.4 Å². The summed E-state index contributed by atoms with van der Waals surface area (Å²) in [6, 6.07) is 20.6. The normalized spacial score (nSPS) is 11.1. The van der Waals surface area contributed by atoms with Crippen molar-refractivity contribution in [2.45, 2.75) is 6.92 Å². The van der Waals surface area contributed by atoms with E-state index < -0.39 is 11.4 Å². The highest BCUT2D eigenvalue weighted by Gasteiger charge is 2.21. The molecule has 0 aliphatic carbocycles. The first kappa shape index (κ1) is 24.2. The van der Waals surface area contributed by atoms with Crippen LogP contribution in [-0.2, 0) is 0 Å². The molecule has 0 spiro atoms. The van der Waals surface area contributed by atoms with Crippen molar-refractivity contribution in [3.05, 3.63) is 92.9 Å². The minimum Gasteiger partial charge on any atom is -0.494 e. The van der Waals surface area contributed by atoms with E-state index in [0.29, 0.717) is 40.2 Å². The van der Waals surface area contributed by atoms with Crippen LogP contribution in [0.15, 0.2) is 87.8 Å². The van der Waals surface area contributed by atoms with Crippen molar-refractivity contribution < 1.29 is 14.6 Å². The van der Waals surface area contributed by atoms with E-state index in [2.05, 4.69) is 10.2 Å². The molecule has 0 saturated heterocycles. The molecule has 0 fully saturated rings. The van der Waals surface area contributed by atoms with Gasteiger partial charge in [-0.3, -0.25) is 13.9 Å². The number of hydrogen-bond donors (Lipinski definition) is 1. The summed E-state index contributed by atoms with van der Waals surface area (Å²) in [6.45, 7) is 2.38. The average Bonchev–Trinajstić information content (AvgIpc) is 2.86. The molecule has 1 aromatic heterocycles. The summed E-state index contributed by atoms with van der Waals surface area (Å²) in [5.41, 5.74) is 0.244. The molecule has 1 heterocycles. The van der Waals surface area contributed by atoms with Gasteiger partial charge in [-0.1, -0.05) is 35.9 Å². The summed E-state index contributed by atoms with van der Waals surface area (Å²) in [5.74, 6) is 0.611. The smallest absolute Gasteiger partial charge is 0.290 e. The summed E-state index contributed by atoms with van der Waals surface area (Å²) >= 11 is 12.0. The van der Waals surface area contributed by atoms with Gasteiger partial charge in [0.25, 0.3) is 5.56 Å². The zero-order valence-corrected chi connectivity index (χ0v) is 20.5. The molecule has 35 heavy (non-hydrogen) atoms. The van der Waals surface area contributed by atoms with Crippen molar-refractivity contribution in [2.24, 2.45) is 10.2 Å². The van der Waals surface area contributed by atoms with Gasteiger partial charge in [-0.15, -0.1) is 10.2 Å². The highest BCUT2D eigenvalue weighted by molar-refractivity contribution is 7.71. The van der Waals surface area contributed by atoms with Crippen molar-refractivity contribution >= 4 is 35.2 Å². The molecule has 178 valence electrons. The van der Waals surface area contributed by atoms with Crippen LogP contribution in [0, 0.1) is 4.77 Å². The lowest BCUT2D eigenvalue weighted by molar-refractivity contribution is 0.340. The molecule has 0 aliphatic heterocycles. The number of aromatic nitrogens is 2. The summed E-state index contributed by atoms with van der Waals surface area (Å²) in [5, 5.41) is 19.7. The van der Waals surface area contributed by atoms with Crippen LogP contribution < -0.4 is 15.0 Å². The number of hydrogen-bond acceptors (Lipinski definition) is 7. The standard InChI is InChI=1S/C25H21ClN4O4S/c1-3-34-17-14-12-16(13-15-17)29-23(31)22(28-27-19-9-5-7-11-21(19)33-2)24(32)30(25(29)35)20-10-6-4-8-18(20)26/h4-15,32H,3H2,1-2H3. The zero-order chi connectivity index (χ0) is 24.9. The van der Waals surface area contributed by atoms with Gasteiger partial charge in [-0.25, -0.2) is 0 Å². The number of para-hydroxylation sites is 2. The number of nitrogens with zero attached hydrogens (tertiary/aromatic N) is 4. The van der Waals surface area contributed by atoms with Crippen LogP contribution in [-0.4, -0.2) is 28.0 Å². The second-order valence-corrected chi connectivity index (χ2v) is 7.95. The first-order valence-corrected chi connectivity index (χ1v) is 11.4. The van der Waals surface area contributed by atoms with Crippen molar-refractivity contribution in [2.75, 3.05) is 13.7 Å². The number of ether oxygens (including phenoxy) is 2. The van der Waals surface area contributed by atoms with E-state index in [4.69, 9.17) is 33.3 Å². The Balaban J connectivity index is 1.99. The van der Waals surface area contributed by atoms with Gasteiger partial charge >= 0.3 is 0 Å². The van der Waals surface area contributed by atoms with Gasteiger partial charge in [0, 0.05) is 0 Å². The molecule has 0 amide bonds. The molecule has 8 nitrogen and oxygen atoms in total. The largest absolute Gasteiger partial charge is 0.494 e. The van der Waals surface area contributed by atoms with E-state index in [1.165, 1.54) is 16.2 Å². The van der Waals surface area contributed by atoms with E-state index in [9.17, 15) is 9.90 Å². The molecule has 0 bridgehead atoms. The Morgan fingerprint density at radius 2 is 1.66 bits per heavy atom. The highest BCUT2D eigenvalue weighted by Crippen LogP contribution is 2.33. The van der Waals surface area contributed by atoms with Crippen LogP contribution in [0.4, 0.5) is 11.4 Å². The molecule has 0 unspecified atom stereocenters. The topological polar surface area (TPSA) is 90.3 Å². The predicted molar refractivity (Wildman–Crippen MR) is 137 cm³/mol. The summed E-state index contributed by atoms with van der Waals surface area (Å²) in [4.78, 5) is 13.5. The van der Waals surface area contributed by atoms with Crippen LogP contribution in [0.1, 0.15) is 6.92 Å². The number of rotatable bonds is 7. The molecule has 0 radical (unpaired) electrons. The molecule has 4 rings (SSSR count). The molecule has 1 N–H and O–H groups in total. The highest BCUT2D eigenvalue weighted by atomic mass is 35.5. The van der Waals surface area contributed by atoms with Gasteiger partial charge in [-0.2, -0.15) is 0 Å². The molecular formula is C25H21ClN4O4S. The van der Waals surface area contributed by atoms with Crippen molar-refractivity contribution in [3.63, 3.8) is 0 Å². The van der Waals surface area contributed by atoms with Crippen molar-refractivity contribution in [1.29, 1.82) is 0 Å². The van der Waals surface area contributed by atoms with Crippen LogP contribution >= 0.6 is 23.8 Å². The zero-order valence-electron chi connectivity index (χ0n) is 18.9. The lowest BCUT2D eigenvalue weighted by Gasteiger charge is -2.17. The number of benzene rings is 3. The van der Waals surface area contributed by atoms with E-state index in [1.807, 2.05) is 6.92 Å². The molecule has 0 saturated carbocycles. The Hall–Kier alpha value is -3.95. The molecule has 0 aliphatic rings. The first-order valence-electron chi connectivity index (χ1n) is 10.6. The van der Waals surface area contributed by atoms with E-state index in [-0.39, 0.29) is 10.5 Å². The third kappa shape index (κ3) is 4.82. The minimum atomic E-state index is -0.654. The fraction of sp³-hybridized carbons (Fsp3) is 0.120. The summed E-state index contributed by atoms with van der Waals surface area (Å²) in [6.07, 6.45) is 0. The third-order valence-electron chi connectivity index (χ3n) is 5.05. The fourth-order valence-corrected chi connectivity index (χ4v) is 4.02. The minimum absolute atomic E-state index is 0.000927. The summed E-state index contributed by atoms with van der Waals surface area (Å²) in [7, 11) is 1.50. The van der Waals surface area contributed by atoms with Gasteiger partial charge in [-0.05, 0) is 67.7 Å². The number of azo groups is 1. The quantitative estimate of drug-likeness (QED) is 0.226. The van der Waals surface area contributed by atoms with Gasteiger partial charge < -0.3 is 14.6 Å². The SMILES string of the molecule is CCOc1ccc(-n2c(=O)c(N=Nc3ccccc3OC)c(O)n(-c3ccccc3Cl)c2=S)cc1. The Morgan fingerprint density at radius 1 is 0.971 bits per heavy atom. The second-order valence-electron chi connectivity index (χ2n) is 7.18. The van der Waals surface area contributed by atoms with Crippen molar-refractivity contribution in [1.82, 2.24) is 9.13 Å². The average molecular weight is 509 g/mol. The fourth-order valence-electron chi connectivity index (χ4n) is 3.42. The number of aromatic hydroxyl groups is 1. The third-order valence-corrected chi connectivity index (χ3v) is 5.74. The molecule has 10 heteroatoms. The predicted octanol–water partition coefficient (Wildman–Crippen LogP) is 6.54. The molecular weight excluding hydrogens is 488 g/mol. The lowest BCUT2D eigenvalue weighted by Crippen LogP contribution is -2.23. The van der Waals surface area contributed by atoms with Gasteiger partial charge in [0.15, 0.2) is 4.77 Å². The molecule has 0 atom stereocenters. The maximum Gasteiger partial charge on any atom is 0.290 e. The van der Waals surface area contributed by atoms with E-state index in [0.717, 1.165) is 0 Å². The van der Waals surface area contributed by atoms with E-state index in [1.54, 1.807) is 72.8 Å². The molecule has 3 aromatic carbocycles.